The summed E-state index contributed by atoms with van der Waals surface area (Å²) in [4.78, 5) is 45.0. The number of carboxylic acid groups (broad SMARTS) is 1. The van der Waals surface area contributed by atoms with Gasteiger partial charge in [0.15, 0.2) is 5.69 Å². The van der Waals surface area contributed by atoms with Crippen LogP contribution in [0.4, 0.5) is 10.6 Å². The Balaban J connectivity index is 1.80. The molecule has 4 aromatic rings. The Morgan fingerprint density at radius 3 is 2.68 bits per heavy atom. The molecule has 0 aliphatic rings. The number of rotatable bonds is 7. The van der Waals surface area contributed by atoms with Gasteiger partial charge in [-0.3, -0.25) is 10.3 Å². The molecule has 0 saturated heterocycles. The van der Waals surface area contributed by atoms with E-state index in [9.17, 15) is 14.7 Å². The number of carbonyl (C=O) groups is 2. The highest BCUT2D eigenvalue weighted by molar-refractivity contribution is 7.13. The van der Waals surface area contributed by atoms with Gasteiger partial charge in [0.2, 0.25) is 5.88 Å². The van der Waals surface area contributed by atoms with Gasteiger partial charge in [-0.15, -0.1) is 11.3 Å². The van der Waals surface area contributed by atoms with Gasteiger partial charge in [-0.1, -0.05) is 6.07 Å². The highest BCUT2D eigenvalue weighted by Gasteiger charge is 2.18. The van der Waals surface area contributed by atoms with Gasteiger partial charge < -0.3 is 15.2 Å². The van der Waals surface area contributed by atoms with Crippen LogP contribution in [0.3, 0.4) is 0 Å². The SMILES string of the molecule is CCNC(=O)Nc1cc(-c2nc(-c3cccc(OC)n3)cs2)c(-c2cncc(C(=O)O)n2)cn1. The number of urea groups is 1. The van der Waals surface area contributed by atoms with Crippen LogP contribution >= 0.6 is 11.3 Å². The van der Waals surface area contributed by atoms with Crippen LogP contribution < -0.4 is 15.4 Å². The van der Waals surface area contributed by atoms with E-state index in [1.54, 1.807) is 19.1 Å². The highest BCUT2D eigenvalue weighted by atomic mass is 32.1. The number of carbonyl (C=O) groups excluding carboxylic acids is 1. The van der Waals surface area contributed by atoms with Crippen molar-refractivity contribution in [2.75, 3.05) is 19.0 Å². The maximum atomic E-state index is 12.0. The number of ether oxygens (including phenoxy) is 1. The summed E-state index contributed by atoms with van der Waals surface area (Å²) in [6.07, 6.45) is 4.11. The summed E-state index contributed by atoms with van der Waals surface area (Å²) in [5, 5.41) is 17.1. The lowest BCUT2D eigenvalue weighted by Gasteiger charge is -2.10. The third kappa shape index (κ3) is 4.96. The van der Waals surface area contributed by atoms with Crippen LogP contribution in [0.5, 0.6) is 5.88 Å². The van der Waals surface area contributed by atoms with E-state index in [-0.39, 0.29) is 5.69 Å². The molecule has 0 aliphatic carbocycles. The third-order valence-electron chi connectivity index (χ3n) is 4.54. The van der Waals surface area contributed by atoms with Gasteiger partial charge in [0.1, 0.15) is 16.5 Å². The molecule has 4 aromatic heterocycles. The fourth-order valence-electron chi connectivity index (χ4n) is 3.01. The summed E-state index contributed by atoms with van der Waals surface area (Å²) in [6, 6.07) is 6.63. The van der Waals surface area contributed by atoms with Crippen molar-refractivity contribution in [3.8, 4) is 39.1 Å². The molecule has 0 saturated carbocycles. The van der Waals surface area contributed by atoms with Crippen molar-refractivity contribution >= 4 is 29.2 Å². The minimum Gasteiger partial charge on any atom is -0.481 e. The van der Waals surface area contributed by atoms with Crippen LogP contribution in [-0.4, -0.2) is 55.7 Å². The number of nitrogens with zero attached hydrogens (tertiary/aromatic N) is 5. The molecule has 34 heavy (non-hydrogen) atoms. The Kier molecular flexibility index (Phi) is 6.69. The first-order valence-electron chi connectivity index (χ1n) is 10.1. The summed E-state index contributed by atoms with van der Waals surface area (Å²) in [5.74, 6) is -0.437. The maximum absolute atomic E-state index is 12.0. The molecule has 0 fully saturated rings. The van der Waals surface area contributed by atoms with Crippen LogP contribution in [-0.2, 0) is 0 Å². The molecule has 172 valence electrons. The third-order valence-corrected chi connectivity index (χ3v) is 5.42. The average molecular weight is 478 g/mol. The minimum absolute atomic E-state index is 0.201. The summed E-state index contributed by atoms with van der Waals surface area (Å²) < 4.78 is 5.19. The van der Waals surface area contributed by atoms with E-state index < -0.39 is 12.0 Å². The van der Waals surface area contributed by atoms with E-state index >= 15 is 0 Å². The van der Waals surface area contributed by atoms with E-state index in [0.29, 0.717) is 51.5 Å². The number of anilines is 1. The molecule has 11 nitrogen and oxygen atoms in total. The molecule has 0 bridgehead atoms. The van der Waals surface area contributed by atoms with Crippen LogP contribution in [0.2, 0.25) is 0 Å². The van der Waals surface area contributed by atoms with Crippen LogP contribution in [0.15, 0.2) is 48.2 Å². The van der Waals surface area contributed by atoms with Crippen molar-refractivity contribution in [1.29, 1.82) is 0 Å². The second-order valence-corrected chi connectivity index (χ2v) is 7.66. The summed E-state index contributed by atoms with van der Waals surface area (Å²) in [7, 11) is 1.54. The minimum atomic E-state index is -1.20. The topological polar surface area (TPSA) is 152 Å². The first kappa shape index (κ1) is 22.7. The quantitative estimate of drug-likeness (QED) is 0.362. The number of methoxy groups -OCH3 is 1. The van der Waals surface area contributed by atoms with Crippen molar-refractivity contribution < 1.29 is 19.4 Å². The second-order valence-electron chi connectivity index (χ2n) is 6.80. The number of thiazole rings is 1. The zero-order chi connectivity index (χ0) is 24.1. The molecule has 0 spiro atoms. The molecule has 4 rings (SSSR count). The predicted octanol–water partition coefficient (Wildman–Crippen LogP) is 3.57. The number of nitrogens with one attached hydrogen (secondary N) is 2. The molecular formula is C22H19N7O4S. The fraction of sp³-hybridized carbons (Fsp3) is 0.136. The molecule has 0 unspecified atom stereocenters. The summed E-state index contributed by atoms with van der Waals surface area (Å²) >= 11 is 1.36. The smallest absolute Gasteiger partial charge is 0.356 e. The first-order chi connectivity index (χ1) is 16.5. The summed E-state index contributed by atoms with van der Waals surface area (Å²) in [6.45, 7) is 2.26. The van der Waals surface area contributed by atoms with Gasteiger partial charge >= 0.3 is 12.0 Å². The number of aromatic carboxylic acids is 1. The van der Waals surface area contributed by atoms with E-state index in [2.05, 4.69) is 30.6 Å². The number of hydrogen-bond acceptors (Lipinski definition) is 9. The lowest BCUT2D eigenvalue weighted by atomic mass is 10.1. The van der Waals surface area contributed by atoms with Gasteiger partial charge in [-0.25, -0.2) is 29.5 Å². The molecule has 3 N–H and O–H groups in total. The number of hydrogen-bond donors (Lipinski definition) is 3. The van der Waals surface area contributed by atoms with E-state index in [1.165, 1.54) is 37.0 Å². The normalized spacial score (nSPS) is 10.5. The molecule has 0 radical (unpaired) electrons. The number of carboxylic acids is 1. The van der Waals surface area contributed by atoms with Gasteiger partial charge in [-0.2, -0.15) is 0 Å². The standard InChI is InChI=1S/C22H19N7O4S/c1-3-24-22(32)29-18-7-12(13(8-25-18)15-9-23-10-16(26-15)21(30)31)20-28-17(11-34-20)14-5-4-6-19(27-14)33-2/h4-11H,3H2,1-2H3,(H,30,31)(H2,24,25,29,32). The number of aromatic nitrogens is 5. The summed E-state index contributed by atoms with van der Waals surface area (Å²) in [5.41, 5.74) is 2.47. The zero-order valence-corrected chi connectivity index (χ0v) is 19.0. The number of pyridine rings is 2. The largest absolute Gasteiger partial charge is 0.481 e. The predicted molar refractivity (Wildman–Crippen MR) is 126 cm³/mol. The van der Waals surface area contributed by atoms with Gasteiger partial charge in [0, 0.05) is 35.3 Å². The first-order valence-corrected chi connectivity index (χ1v) is 10.9. The monoisotopic (exact) mass is 477 g/mol. The lowest BCUT2D eigenvalue weighted by molar-refractivity contribution is 0.0690. The average Bonchev–Trinajstić information content (AvgIpc) is 3.34. The Labute approximate surface area is 197 Å². The molecule has 0 atom stereocenters. The van der Waals surface area contributed by atoms with Crippen molar-refractivity contribution in [3.63, 3.8) is 0 Å². The molecule has 4 heterocycles. The Morgan fingerprint density at radius 2 is 1.91 bits per heavy atom. The Bertz CT molecular complexity index is 1360. The molecule has 0 aliphatic heterocycles. The number of amides is 2. The van der Waals surface area contributed by atoms with Crippen molar-refractivity contribution in [2.45, 2.75) is 6.92 Å². The highest BCUT2D eigenvalue weighted by Crippen LogP contribution is 2.36. The zero-order valence-electron chi connectivity index (χ0n) is 18.1. The maximum Gasteiger partial charge on any atom is 0.356 e. The lowest BCUT2D eigenvalue weighted by Crippen LogP contribution is -2.28. The van der Waals surface area contributed by atoms with Crippen molar-refractivity contribution in [3.05, 3.63) is 53.9 Å². The van der Waals surface area contributed by atoms with Gasteiger partial charge in [0.05, 0.1) is 30.9 Å². The van der Waals surface area contributed by atoms with Gasteiger partial charge in [-0.05, 0) is 19.1 Å². The Hall–Kier alpha value is -4.45. The molecule has 2 amide bonds. The van der Waals surface area contributed by atoms with Crippen LogP contribution in [0.25, 0.3) is 33.2 Å². The van der Waals surface area contributed by atoms with Crippen molar-refractivity contribution in [2.24, 2.45) is 0 Å². The van der Waals surface area contributed by atoms with Crippen molar-refractivity contribution in [1.82, 2.24) is 30.2 Å². The van der Waals surface area contributed by atoms with E-state index in [1.807, 2.05) is 17.5 Å². The fourth-order valence-corrected chi connectivity index (χ4v) is 3.85. The Morgan fingerprint density at radius 1 is 1.06 bits per heavy atom. The molecule has 0 aromatic carbocycles. The van der Waals surface area contributed by atoms with E-state index in [0.717, 1.165) is 0 Å². The molecule has 12 heteroatoms. The van der Waals surface area contributed by atoms with Crippen LogP contribution in [0.1, 0.15) is 17.4 Å². The van der Waals surface area contributed by atoms with E-state index in [4.69, 9.17) is 9.72 Å². The molecular weight excluding hydrogens is 458 g/mol. The van der Waals surface area contributed by atoms with Gasteiger partial charge in [0.25, 0.3) is 0 Å². The second kappa shape index (κ2) is 10.0. The van der Waals surface area contributed by atoms with Crippen LogP contribution in [0, 0.1) is 0 Å².